The number of hydrogen-bond donors (Lipinski definition) is 1. The van der Waals surface area contributed by atoms with Gasteiger partial charge >= 0.3 is 5.97 Å². The largest absolute Gasteiger partial charge is 0.480 e. The van der Waals surface area contributed by atoms with Crippen LogP contribution in [0.15, 0.2) is 4.90 Å². The number of rotatable bonds is 4. The summed E-state index contributed by atoms with van der Waals surface area (Å²) in [4.78, 5) is 11.5. The lowest BCUT2D eigenvalue weighted by atomic mass is 10.1. The molecule has 0 saturated carbocycles. The molecule has 1 aromatic rings. The van der Waals surface area contributed by atoms with Crippen LogP contribution in [0.2, 0.25) is 0 Å². The summed E-state index contributed by atoms with van der Waals surface area (Å²) in [7, 11) is -3.84. The Labute approximate surface area is 124 Å². The minimum Gasteiger partial charge on any atom is -0.480 e. The van der Waals surface area contributed by atoms with E-state index in [4.69, 9.17) is 0 Å². The quantitative estimate of drug-likeness (QED) is 0.899. The van der Waals surface area contributed by atoms with Crippen LogP contribution in [0.5, 0.6) is 0 Å². The lowest BCUT2D eigenvalue weighted by Gasteiger charge is -2.31. The first-order valence-electron chi connectivity index (χ1n) is 7.09. The normalized spacial score (nSPS) is 20.6. The van der Waals surface area contributed by atoms with Crippen LogP contribution in [-0.4, -0.2) is 46.2 Å². The standard InChI is InChI=1S/C13H21N3O4S/c1-4-15-10(3)12(9(2)14-15)21(19,20)16-8-6-5-7-11(16)13(17)18/h11H,4-8H2,1-3H3,(H,17,18). The van der Waals surface area contributed by atoms with E-state index in [-0.39, 0.29) is 11.4 Å². The number of aryl methyl sites for hydroxylation is 2. The molecule has 0 aromatic carbocycles. The minimum absolute atomic E-state index is 0.150. The third-order valence-electron chi connectivity index (χ3n) is 3.92. The second-order valence-electron chi connectivity index (χ2n) is 5.28. The van der Waals surface area contributed by atoms with Gasteiger partial charge in [0, 0.05) is 13.1 Å². The van der Waals surface area contributed by atoms with Crippen LogP contribution in [0.3, 0.4) is 0 Å². The predicted octanol–water partition coefficient (Wildman–Crippen LogP) is 1.15. The molecule has 0 aliphatic carbocycles. The summed E-state index contributed by atoms with van der Waals surface area (Å²) < 4.78 is 28.5. The van der Waals surface area contributed by atoms with Gasteiger partial charge in [0.2, 0.25) is 10.0 Å². The van der Waals surface area contributed by atoms with Crippen molar-refractivity contribution in [3.63, 3.8) is 0 Å². The first-order chi connectivity index (χ1) is 9.80. The zero-order valence-electron chi connectivity index (χ0n) is 12.5. The van der Waals surface area contributed by atoms with Crippen molar-refractivity contribution >= 4 is 16.0 Å². The van der Waals surface area contributed by atoms with Gasteiger partial charge in [-0.05, 0) is 40.0 Å². The lowest BCUT2D eigenvalue weighted by Crippen LogP contribution is -2.48. The molecule has 1 N–H and O–H groups in total. The molecular formula is C13H21N3O4S. The first-order valence-corrected chi connectivity index (χ1v) is 8.53. The summed E-state index contributed by atoms with van der Waals surface area (Å²) in [6, 6.07) is -0.979. The predicted molar refractivity (Wildman–Crippen MR) is 76.5 cm³/mol. The Morgan fingerprint density at radius 2 is 2.05 bits per heavy atom. The monoisotopic (exact) mass is 315 g/mol. The van der Waals surface area contributed by atoms with E-state index in [9.17, 15) is 18.3 Å². The van der Waals surface area contributed by atoms with E-state index in [1.54, 1.807) is 18.5 Å². The first kappa shape index (κ1) is 16.0. The van der Waals surface area contributed by atoms with Gasteiger partial charge in [-0.15, -0.1) is 0 Å². The van der Waals surface area contributed by atoms with Crippen molar-refractivity contribution in [2.45, 2.75) is 57.5 Å². The fraction of sp³-hybridized carbons (Fsp3) is 0.692. The zero-order valence-corrected chi connectivity index (χ0v) is 13.4. The summed E-state index contributed by atoms with van der Waals surface area (Å²) in [6.07, 6.45) is 1.77. The number of carboxylic acid groups (broad SMARTS) is 1. The van der Waals surface area contributed by atoms with E-state index in [1.165, 1.54) is 0 Å². The maximum atomic E-state index is 12.9. The molecule has 0 spiro atoms. The SMILES string of the molecule is CCn1nc(C)c(S(=O)(=O)N2CCCCC2C(=O)O)c1C. The second-order valence-corrected chi connectivity index (χ2v) is 7.11. The minimum atomic E-state index is -3.84. The number of nitrogens with zero attached hydrogens (tertiary/aromatic N) is 3. The smallest absolute Gasteiger partial charge is 0.322 e. The fourth-order valence-electron chi connectivity index (χ4n) is 2.92. The van der Waals surface area contributed by atoms with Gasteiger partial charge in [-0.3, -0.25) is 9.48 Å². The number of hydrogen-bond acceptors (Lipinski definition) is 4. The van der Waals surface area contributed by atoms with Crippen molar-refractivity contribution in [2.24, 2.45) is 0 Å². The Kier molecular flexibility index (Phi) is 4.38. The van der Waals surface area contributed by atoms with Gasteiger partial charge in [0.05, 0.1) is 11.4 Å². The van der Waals surface area contributed by atoms with Crippen LogP contribution >= 0.6 is 0 Å². The van der Waals surface area contributed by atoms with Gasteiger partial charge in [-0.1, -0.05) is 0 Å². The molecule has 1 aliphatic rings. The van der Waals surface area contributed by atoms with Crippen molar-refractivity contribution < 1.29 is 18.3 Å². The van der Waals surface area contributed by atoms with E-state index in [0.29, 0.717) is 30.8 Å². The maximum absolute atomic E-state index is 12.9. The highest BCUT2D eigenvalue weighted by Crippen LogP contribution is 2.29. The van der Waals surface area contributed by atoms with Gasteiger partial charge < -0.3 is 5.11 Å². The Morgan fingerprint density at radius 1 is 1.38 bits per heavy atom. The van der Waals surface area contributed by atoms with E-state index in [2.05, 4.69) is 5.10 Å². The number of carbonyl (C=O) groups is 1. The van der Waals surface area contributed by atoms with Crippen LogP contribution in [0, 0.1) is 13.8 Å². The Hall–Kier alpha value is -1.41. The molecule has 2 rings (SSSR count). The molecule has 0 bridgehead atoms. The Bertz CT molecular complexity index is 651. The highest BCUT2D eigenvalue weighted by Gasteiger charge is 2.40. The van der Waals surface area contributed by atoms with E-state index >= 15 is 0 Å². The summed E-state index contributed by atoms with van der Waals surface area (Å²) in [5, 5.41) is 13.5. The number of aliphatic carboxylic acids is 1. The fourth-order valence-corrected chi connectivity index (χ4v) is 4.95. The molecule has 1 aromatic heterocycles. The van der Waals surface area contributed by atoms with Crippen LogP contribution in [0.1, 0.15) is 37.6 Å². The number of sulfonamides is 1. The van der Waals surface area contributed by atoms with Crippen molar-refractivity contribution in [2.75, 3.05) is 6.54 Å². The average molecular weight is 315 g/mol. The van der Waals surface area contributed by atoms with Gasteiger partial charge in [-0.2, -0.15) is 9.40 Å². The van der Waals surface area contributed by atoms with Gasteiger partial charge in [-0.25, -0.2) is 8.42 Å². The summed E-state index contributed by atoms with van der Waals surface area (Å²) >= 11 is 0. The number of aromatic nitrogens is 2. The molecule has 1 aliphatic heterocycles. The van der Waals surface area contributed by atoms with E-state index in [1.807, 2.05) is 6.92 Å². The lowest BCUT2D eigenvalue weighted by molar-refractivity contribution is -0.142. The van der Waals surface area contributed by atoms with E-state index in [0.717, 1.165) is 10.7 Å². The topological polar surface area (TPSA) is 92.5 Å². The molecule has 1 unspecified atom stereocenters. The Balaban J connectivity index is 2.50. The molecule has 1 atom stereocenters. The molecule has 1 saturated heterocycles. The molecule has 0 radical (unpaired) electrons. The second kappa shape index (κ2) is 5.76. The highest BCUT2D eigenvalue weighted by molar-refractivity contribution is 7.89. The molecule has 7 nitrogen and oxygen atoms in total. The number of carboxylic acids is 1. The summed E-state index contributed by atoms with van der Waals surface area (Å²) in [5.74, 6) is -1.09. The summed E-state index contributed by atoms with van der Waals surface area (Å²) in [6.45, 7) is 6.05. The molecule has 0 amide bonds. The maximum Gasteiger partial charge on any atom is 0.322 e. The average Bonchev–Trinajstić information content (AvgIpc) is 2.73. The highest BCUT2D eigenvalue weighted by atomic mass is 32.2. The molecule has 21 heavy (non-hydrogen) atoms. The van der Waals surface area contributed by atoms with Crippen molar-refractivity contribution in [1.29, 1.82) is 0 Å². The molecule has 2 heterocycles. The molecule has 118 valence electrons. The van der Waals surface area contributed by atoms with Crippen LogP contribution in [0.4, 0.5) is 0 Å². The van der Waals surface area contributed by atoms with Crippen molar-refractivity contribution in [3.05, 3.63) is 11.4 Å². The van der Waals surface area contributed by atoms with Gasteiger partial charge in [0.15, 0.2) is 0 Å². The van der Waals surface area contributed by atoms with Gasteiger partial charge in [0.25, 0.3) is 0 Å². The van der Waals surface area contributed by atoms with Crippen LogP contribution in [-0.2, 0) is 21.4 Å². The van der Waals surface area contributed by atoms with Gasteiger partial charge in [0.1, 0.15) is 10.9 Å². The summed E-state index contributed by atoms with van der Waals surface area (Å²) in [5.41, 5.74) is 0.980. The molecular weight excluding hydrogens is 294 g/mol. The Morgan fingerprint density at radius 3 is 2.57 bits per heavy atom. The van der Waals surface area contributed by atoms with Crippen molar-refractivity contribution in [3.8, 4) is 0 Å². The number of piperidine rings is 1. The van der Waals surface area contributed by atoms with Crippen molar-refractivity contribution in [1.82, 2.24) is 14.1 Å². The molecule has 8 heteroatoms. The van der Waals surface area contributed by atoms with Crippen LogP contribution in [0.25, 0.3) is 0 Å². The molecule has 1 fully saturated rings. The zero-order chi connectivity index (χ0) is 15.8. The third-order valence-corrected chi connectivity index (χ3v) is 6.08. The third kappa shape index (κ3) is 2.69. The van der Waals surface area contributed by atoms with Crippen LogP contribution < -0.4 is 0 Å². The van der Waals surface area contributed by atoms with E-state index < -0.39 is 22.0 Å².